The van der Waals surface area contributed by atoms with Gasteiger partial charge in [-0.15, -0.1) is 0 Å². The molecule has 0 aliphatic heterocycles. The predicted molar refractivity (Wildman–Crippen MR) is 111 cm³/mol. The van der Waals surface area contributed by atoms with Crippen LogP contribution in [0.1, 0.15) is 26.3 Å². The first kappa shape index (κ1) is 20.5. The normalized spacial score (nSPS) is 10.9. The SMILES string of the molecule is COc1cccc(NC(=O)/C(=C/c2ccc(C(=O)[O-])cc2)C(=O)c2ccccc2)c1. The molecule has 0 unspecified atom stereocenters. The number of aromatic carboxylic acids is 1. The number of hydrogen-bond donors (Lipinski definition) is 1. The fraction of sp³-hybridized carbons (Fsp3) is 0.0417. The number of carbonyl (C=O) groups excluding carboxylic acids is 3. The molecule has 3 aromatic rings. The molecule has 0 saturated carbocycles. The van der Waals surface area contributed by atoms with Gasteiger partial charge in [-0.3, -0.25) is 9.59 Å². The lowest BCUT2D eigenvalue weighted by atomic mass is 9.99. The Morgan fingerprint density at radius 2 is 1.57 bits per heavy atom. The lowest BCUT2D eigenvalue weighted by molar-refractivity contribution is -0.255. The van der Waals surface area contributed by atoms with E-state index in [0.29, 0.717) is 22.6 Å². The number of carbonyl (C=O) groups is 3. The summed E-state index contributed by atoms with van der Waals surface area (Å²) in [5.74, 6) is -1.80. The molecular formula is C24H18NO5-. The molecule has 30 heavy (non-hydrogen) atoms. The second kappa shape index (κ2) is 9.34. The third-order valence-corrected chi connectivity index (χ3v) is 4.31. The number of hydrogen-bond acceptors (Lipinski definition) is 5. The average molecular weight is 400 g/mol. The monoisotopic (exact) mass is 400 g/mol. The van der Waals surface area contributed by atoms with Gasteiger partial charge < -0.3 is 20.0 Å². The van der Waals surface area contributed by atoms with Crippen molar-refractivity contribution in [2.75, 3.05) is 12.4 Å². The van der Waals surface area contributed by atoms with E-state index < -0.39 is 17.7 Å². The summed E-state index contributed by atoms with van der Waals surface area (Å²) < 4.78 is 5.15. The zero-order chi connectivity index (χ0) is 21.5. The highest BCUT2D eigenvalue weighted by Gasteiger charge is 2.20. The summed E-state index contributed by atoms with van der Waals surface area (Å²) in [7, 11) is 1.52. The van der Waals surface area contributed by atoms with E-state index in [1.54, 1.807) is 54.6 Å². The molecule has 3 aromatic carbocycles. The van der Waals surface area contributed by atoms with Gasteiger partial charge in [-0.2, -0.15) is 0 Å². The second-order valence-corrected chi connectivity index (χ2v) is 6.35. The van der Waals surface area contributed by atoms with Crippen LogP contribution in [-0.4, -0.2) is 24.8 Å². The number of benzene rings is 3. The van der Waals surface area contributed by atoms with Gasteiger partial charge in [0.15, 0.2) is 5.78 Å². The highest BCUT2D eigenvalue weighted by atomic mass is 16.5. The van der Waals surface area contributed by atoms with Gasteiger partial charge in [-0.1, -0.05) is 60.7 Å². The molecule has 0 atom stereocenters. The number of carboxylic acids is 1. The highest BCUT2D eigenvalue weighted by Crippen LogP contribution is 2.20. The van der Waals surface area contributed by atoms with Crippen molar-refractivity contribution in [2.45, 2.75) is 0 Å². The van der Waals surface area contributed by atoms with Crippen LogP contribution in [0.5, 0.6) is 5.75 Å². The molecule has 0 aliphatic carbocycles. The summed E-state index contributed by atoms with van der Waals surface area (Å²) in [4.78, 5) is 36.9. The zero-order valence-electron chi connectivity index (χ0n) is 16.1. The fourth-order valence-corrected chi connectivity index (χ4v) is 2.76. The minimum Gasteiger partial charge on any atom is -0.545 e. The largest absolute Gasteiger partial charge is 0.545 e. The van der Waals surface area contributed by atoms with E-state index in [4.69, 9.17) is 4.74 Å². The smallest absolute Gasteiger partial charge is 0.259 e. The Hall–Kier alpha value is -4.19. The Labute approximate surface area is 173 Å². The van der Waals surface area contributed by atoms with Crippen molar-refractivity contribution in [3.05, 3.63) is 101 Å². The number of Topliss-reactive ketones (excluding diaryl/α,β-unsaturated/α-hetero) is 1. The number of anilines is 1. The average Bonchev–Trinajstić information content (AvgIpc) is 2.78. The van der Waals surface area contributed by atoms with Crippen molar-refractivity contribution in [1.29, 1.82) is 0 Å². The minimum atomic E-state index is -1.30. The Bertz CT molecular complexity index is 1100. The second-order valence-electron chi connectivity index (χ2n) is 6.35. The van der Waals surface area contributed by atoms with Crippen LogP contribution in [0.25, 0.3) is 6.08 Å². The van der Waals surface area contributed by atoms with E-state index in [1.807, 2.05) is 0 Å². The third-order valence-electron chi connectivity index (χ3n) is 4.31. The van der Waals surface area contributed by atoms with Gasteiger partial charge >= 0.3 is 0 Å². The summed E-state index contributed by atoms with van der Waals surface area (Å²) in [6.07, 6.45) is 1.42. The predicted octanol–water partition coefficient (Wildman–Crippen LogP) is 2.96. The van der Waals surface area contributed by atoms with E-state index >= 15 is 0 Å². The van der Waals surface area contributed by atoms with Gasteiger partial charge in [-0.25, -0.2) is 0 Å². The summed E-state index contributed by atoms with van der Waals surface area (Å²) in [6.45, 7) is 0. The van der Waals surface area contributed by atoms with Gasteiger partial charge in [0.25, 0.3) is 5.91 Å². The summed E-state index contributed by atoms with van der Waals surface area (Å²) >= 11 is 0. The molecule has 6 nitrogen and oxygen atoms in total. The van der Waals surface area contributed by atoms with Crippen molar-refractivity contribution < 1.29 is 24.2 Å². The summed E-state index contributed by atoms with van der Waals surface area (Å²) in [5, 5.41) is 13.6. The highest BCUT2D eigenvalue weighted by molar-refractivity contribution is 6.31. The Morgan fingerprint density at radius 1 is 0.867 bits per heavy atom. The number of ether oxygens (including phenoxy) is 1. The lowest BCUT2D eigenvalue weighted by Gasteiger charge is -2.10. The van der Waals surface area contributed by atoms with Crippen LogP contribution in [0, 0.1) is 0 Å². The summed E-state index contributed by atoms with van der Waals surface area (Å²) in [6, 6.07) is 20.9. The maximum absolute atomic E-state index is 13.0. The van der Waals surface area contributed by atoms with Crippen LogP contribution in [0.15, 0.2) is 84.4 Å². The number of ketones is 1. The van der Waals surface area contributed by atoms with Gasteiger partial charge in [0.1, 0.15) is 5.75 Å². The van der Waals surface area contributed by atoms with E-state index in [2.05, 4.69) is 5.32 Å². The number of rotatable bonds is 7. The molecule has 0 aromatic heterocycles. The minimum absolute atomic E-state index is 0.00363. The maximum atomic E-state index is 13.0. The molecular weight excluding hydrogens is 382 g/mol. The molecule has 0 fully saturated rings. The van der Waals surface area contributed by atoms with Crippen LogP contribution in [0.4, 0.5) is 5.69 Å². The van der Waals surface area contributed by atoms with Crippen molar-refractivity contribution in [3.8, 4) is 5.75 Å². The molecule has 0 heterocycles. The first-order chi connectivity index (χ1) is 14.5. The van der Waals surface area contributed by atoms with Crippen LogP contribution >= 0.6 is 0 Å². The van der Waals surface area contributed by atoms with Crippen LogP contribution < -0.4 is 15.2 Å². The fourth-order valence-electron chi connectivity index (χ4n) is 2.76. The zero-order valence-corrected chi connectivity index (χ0v) is 16.1. The molecule has 1 N–H and O–H groups in total. The quantitative estimate of drug-likeness (QED) is 0.285. The Balaban J connectivity index is 1.97. The number of amides is 1. The topological polar surface area (TPSA) is 95.5 Å². The van der Waals surface area contributed by atoms with Crippen LogP contribution in [0.2, 0.25) is 0 Å². The summed E-state index contributed by atoms with van der Waals surface area (Å²) in [5.41, 5.74) is 1.24. The number of methoxy groups -OCH3 is 1. The van der Waals surface area contributed by atoms with Gasteiger partial charge in [0.05, 0.1) is 18.7 Å². The van der Waals surface area contributed by atoms with Crippen molar-refractivity contribution in [1.82, 2.24) is 0 Å². The molecule has 0 radical (unpaired) electrons. The van der Waals surface area contributed by atoms with E-state index in [0.717, 1.165) is 0 Å². The van der Waals surface area contributed by atoms with Crippen LogP contribution in [-0.2, 0) is 4.79 Å². The van der Waals surface area contributed by atoms with Crippen molar-refractivity contribution in [3.63, 3.8) is 0 Å². The first-order valence-electron chi connectivity index (χ1n) is 9.06. The Kier molecular flexibility index (Phi) is 6.39. The number of carboxylic acid groups (broad SMARTS) is 1. The van der Waals surface area contributed by atoms with E-state index in [1.165, 1.54) is 37.5 Å². The lowest BCUT2D eigenvalue weighted by Crippen LogP contribution is -2.22. The molecule has 6 heteroatoms. The van der Waals surface area contributed by atoms with Crippen LogP contribution in [0.3, 0.4) is 0 Å². The van der Waals surface area contributed by atoms with Crippen molar-refractivity contribution >= 4 is 29.4 Å². The molecule has 0 aliphatic rings. The standard InChI is InChI=1S/C24H19NO5/c1-30-20-9-5-8-19(15-20)25-23(27)21(22(26)17-6-3-2-4-7-17)14-16-10-12-18(13-11-16)24(28)29/h2-15H,1H3,(H,25,27)(H,28,29)/p-1/b21-14+. The Morgan fingerprint density at radius 3 is 2.20 bits per heavy atom. The third kappa shape index (κ3) is 4.99. The van der Waals surface area contributed by atoms with Crippen molar-refractivity contribution in [2.24, 2.45) is 0 Å². The first-order valence-corrected chi connectivity index (χ1v) is 9.06. The maximum Gasteiger partial charge on any atom is 0.259 e. The molecule has 1 amide bonds. The molecule has 0 saturated heterocycles. The molecule has 0 spiro atoms. The molecule has 0 bridgehead atoms. The molecule has 3 rings (SSSR count). The van der Waals surface area contributed by atoms with Gasteiger partial charge in [0, 0.05) is 17.3 Å². The van der Waals surface area contributed by atoms with E-state index in [9.17, 15) is 19.5 Å². The van der Waals surface area contributed by atoms with E-state index in [-0.39, 0.29) is 11.1 Å². The van der Waals surface area contributed by atoms with Gasteiger partial charge in [-0.05, 0) is 29.3 Å². The van der Waals surface area contributed by atoms with Gasteiger partial charge in [0.2, 0.25) is 0 Å². The number of nitrogens with one attached hydrogen (secondary N) is 1. The molecule has 150 valence electrons.